The van der Waals surface area contributed by atoms with Crippen molar-refractivity contribution in [2.75, 3.05) is 5.32 Å². The van der Waals surface area contributed by atoms with Crippen LogP contribution in [0.1, 0.15) is 11.3 Å². The Labute approximate surface area is 137 Å². The highest BCUT2D eigenvalue weighted by Gasteiger charge is 2.14. The molecule has 0 saturated heterocycles. The summed E-state index contributed by atoms with van der Waals surface area (Å²) in [6.07, 6.45) is 6.42. The van der Waals surface area contributed by atoms with Gasteiger partial charge in [-0.2, -0.15) is 5.10 Å². The summed E-state index contributed by atoms with van der Waals surface area (Å²) in [5.74, 6) is 0.159. The zero-order valence-electron chi connectivity index (χ0n) is 13.3. The monoisotopic (exact) mass is 324 g/mol. The molecule has 0 aliphatic rings. The van der Waals surface area contributed by atoms with Crippen LogP contribution in [-0.4, -0.2) is 30.6 Å². The van der Waals surface area contributed by atoms with Gasteiger partial charge in [-0.1, -0.05) is 0 Å². The van der Waals surface area contributed by atoms with Crippen LogP contribution in [0.5, 0.6) is 0 Å². The second-order valence-electron chi connectivity index (χ2n) is 5.34. The van der Waals surface area contributed by atoms with Crippen molar-refractivity contribution >= 4 is 11.6 Å². The fourth-order valence-corrected chi connectivity index (χ4v) is 2.32. The van der Waals surface area contributed by atoms with E-state index in [9.17, 15) is 9.59 Å². The van der Waals surface area contributed by atoms with Gasteiger partial charge in [-0.25, -0.2) is 4.98 Å². The third kappa shape index (κ3) is 3.37. The average Bonchev–Trinajstić information content (AvgIpc) is 2.96. The number of aryl methyl sites for hydroxylation is 2. The maximum absolute atomic E-state index is 12.3. The second-order valence-corrected chi connectivity index (χ2v) is 5.34. The molecular formula is C16H16N6O2. The largest absolute Gasteiger partial charge is 0.323 e. The molecule has 0 aliphatic carbocycles. The number of hydrogen-bond donors (Lipinski definition) is 2. The van der Waals surface area contributed by atoms with E-state index >= 15 is 0 Å². The van der Waals surface area contributed by atoms with Gasteiger partial charge < -0.3 is 10.3 Å². The number of aromatic nitrogens is 5. The molecule has 0 radical (unpaired) electrons. The molecule has 8 nitrogen and oxygen atoms in total. The number of pyridine rings is 1. The van der Waals surface area contributed by atoms with Crippen molar-refractivity contribution in [1.82, 2.24) is 24.7 Å². The molecule has 0 unspecified atom stereocenters. The quantitative estimate of drug-likeness (QED) is 0.746. The number of H-pyrrole nitrogens is 1. The number of carbonyl (C=O) groups is 1. The summed E-state index contributed by atoms with van der Waals surface area (Å²) in [7, 11) is 1.76. The van der Waals surface area contributed by atoms with E-state index in [-0.39, 0.29) is 17.9 Å². The standard InChI is InChI=1S/C16H16N6O2/c1-10-13(7-14(23)20-12-8-18-22(2)9-12)16(24)21-15(19-10)11-3-5-17-6-4-11/h3-6,8-9H,7H2,1-2H3,(H,20,23)(H,19,21,24). The number of nitrogens with zero attached hydrogens (tertiary/aromatic N) is 4. The molecule has 0 saturated carbocycles. The van der Waals surface area contributed by atoms with Gasteiger partial charge in [-0.15, -0.1) is 0 Å². The summed E-state index contributed by atoms with van der Waals surface area (Å²) < 4.78 is 1.58. The Morgan fingerprint density at radius 1 is 1.33 bits per heavy atom. The van der Waals surface area contributed by atoms with E-state index in [0.717, 1.165) is 5.56 Å². The summed E-state index contributed by atoms with van der Waals surface area (Å²) in [4.78, 5) is 35.5. The van der Waals surface area contributed by atoms with Crippen LogP contribution in [0.25, 0.3) is 11.4 Å². The van der Waals surface area contributed by atoms with E-state index < -0.39 is 0 Å². The maximum Gasteiger partial charge on any atom is 0.255 e. The zero-order valence-corrected chi connectivity index (χ0v) is 13.3. The molecule has 0 aliphatic heterocycles. The Hall–Kier alpha value is -3.29. The van der Waals surface area contributed by atoms with Crippen molar-refractivity contribution in [2.45, 2.75) is 13.3 Å². The average molecular weight is 324 g/mol. The first kappa shape index (κ1) is 15.6. The molecule has 2 N–H and O–H groups in total. The molecule has 0 atom stereocenters. The molecule has 0 bridgehead atoms. The Bertz CT molecular complexity index is 929. The molecule has 0 aromatic carbocycles. The predicted molar refractivity (Wildman–Crippen MR) is 88.4 cm³/mol. The van der Waals surface area contributed by atoms with E-state index in [1.807, 2.05) is 0 Å². The van der Waals surface area contributed by atoms with Crippen LogP contribution in [0.4, 0.5) is 5.69 Å². The lowest BCUT2D eigenvalue weighted by molar-refractivity contribution is -0.115. The van der Waals surface area contributed by atoms with Gasteiger partial charge in [0.15, 0.2) is 0 Å². The number of hydrogen-bond acceptors (Lipinski definition) is 5. The molecule has 122 valence electrons. The van der Waals surface area contributed by atoms with E-state index in [1.54, 1.807) is 55.6 Å². The fourth-order valence-electron chi connectivity index (χ4n) is 2.32. The van der Waals surface area contributed by atoms with Gasteiger partial charge >= 0.3 is 0 Å². The van der Waals surface area contributed by atoms with Gasteiger partial charge in [0, 0.05) is 42.5 Å². The molecule has 3 aromatic rings. The third-order valence-electron chi connectivity index (χ3n) is 3.50. The molecule has 3 aromatic heterocycles. The van der Waals surface area contributed by atoms with Gasteiger partial charge in [0.05, 0.1) is 18.3 Å². The maximum atomic E-state index is 12.3. The topological polar surface area (TPSA) is 106 Å². The predicted octanol–water partition coefficient (Wildman–Crippen LogP) is 1.06. The first-order valence-corrected chi connectivity index (χ1v) is 7.31. The molecule has 8 heteroatoms. The van der Waals surface area contributed by atoms with Crippen molar-refractivity contribution in [1.29, 1.82) is 0 Å². The first-order valence-electron chi connectivity index (χ1n) is 7.31. The van der Waals surface area contributed by atoms with E-state index in [1.165, 1.54) is 0 Å². The zero-order chi connectivity index (χ0) is 17.1. The fraction of sp³-hybridized carbons (Fsp3) is 0.188. The minimum atomic E-state index is -0.323. The molecule has 0 fully saturated rings. The Balaban J connectivity index is 1.81. The Morgan fingerprint density at radius 2 is 2.08 bits per heavy atom. The Morgan fingerprint density at radius 3 is 2.71 bits per heavy atom. The second kappa shape index (κ2) is 6.45. The van der Waals surface area contributed by atoms with Crippen LogP contribution < -0.4 is 10.9 Å². The van der Waals surface area contributed by atoms with E-state index in [0.29, 0.717) is 22.8 Å². The summed E-state index contributed by atoms with van der Waals surface area (Å²) in [5, 5.41) is 6.67. The third-order valence-corrected chi connectivity index (χ3v) is 3.50. The molecule has 1 amide bonds. The Kier molecular flexibility index (Phi) is 4.19. The van der Waals surface area contributed by atoms with Crippen LogP contribution in [0, 0.1) is 6.92 Å². The number of amides is 1. The van der Waals surface area contributed by atoms with Crippen LogP contribution in [0.15, 0.2) is 41.7 Å². The van der Waals surface area contributed by atoms with Gasteiger partial charge in [-0.3, -0.25) is 19.3 Å². The molecular weight excluding hydrogens is 308 g/mol. The normalized spacial score (nSPS) is 10.6. The lowest BCUT2D eigenvalue weighted by atomic mass is 10.1. The number of rotatable bonds is 4. The van der Waals surface area contributed by atoms with Crippen LogP contribution in [0.2, 0.25) is 0 Å². The van der Waals surface area contributed by atoms with Gasteiger partial charge in [0.1, 0.15) is 5.82 Å². The molecule has 3 heterocycles. The van der Waals surface area contributed by atoms with Gasteiger partial charge in [-0.05, 0) is 19.1 Å². The number of aromatic amines is 1. The van der Waals surface area contributed by atoms with Crippen molar-refractivity contribution < 1.29 is 4.79 Å². The van der Waals surface area contributed by atoms with Crippen LogP contribution in [-0.2, 0) is 18.3 Å². The van der Waals surface area contributed by atoms with Crippen molar-refractivity contribution in [3.8, 4) is 11.4 Å². The van der Waals surface area contributed by atoms with Crippen LogP contribution >= 0.6 is 0 Å². The highest BCUT2D eigenvalue weighted by molar-refractivity contribution is 5.92. The SMILES string of the molecule is Cc1nc(-c2ccncc2)[nH]c(=O)c1CC(=O)Nc1cnn(C)c1. The molecule has 24 heavy (non-hydrogen) atoms. The summed E-state index contributed by atoms with van der Waals surface area (Å²) in [5.41, 5.74) is 1.88. The number of carbonyl (C=O) groups excluding carboxylic acids is 1. The smallest absolute Gasteiger partial charge is 0.255 e. The van der Waals surface area contributed by atoms with Crippen molar-refractivity contribution in [3.63, 3.8) is 0 Å². The summed E-state index contributed by atoms with van der Waals surface area (Å²) in [6.45, 7) is 1.71. The summed E-state index contributed by atoms with van der Waals surface area (Å²) >= 11 is 0. The lowest BCUT2D eigenvalue weighted by Gasteiger charge is -2.07. The first-order chi connectivity index (χ1) is 11.5. The van der Waals surface area contributed by atoms with Gasteiger partial charge in [0.2, 0.25) is 5.91 Å². The van der Waals surface area contributed by atoms with Crippen LogP contribution in [0.3, 0.4) is 0 Å². The molecule has 3 rings (SSSR count). The van der Waals surface area contributed by atoms with E-state index in [2.05, 4.69) is 25.4 Å². The summed E-state index contributed by atoms with van der Waals surface area (Å²) in [6, 6.07) is 3.51. The minimum Gasteiger partial charge on any atom is -0.323 e. The van der Waals surface area contributed by atoms with Gasteiger partial charge in [0.25, 0.3) is 5.56 Å². The minimum absolute atomic E-state index is 0.0559. The molecule has 0 spiro atoms. The lowest BCUT2D eigenvalue weighted by Crippen LogP contribution is -2.23. The highest BCUT2D eigenvalue weighted by Crippen LogP contribution is 2.13. The highest BCUT2D eigenvalue weighted by atomic mass is 16.2. The number of nitrogens with one attached hydrogen (secondary N) is 2. The van der Waals surface area contributed by atoms with E-state index in [4.69, 9.17) is 0 Å². The van der Waals surface area contributed by atoms with Crippen molar-refractivity contribution in [2.24, 2.45) is 7.05 Å². The van der Waals surface area contributed by atoms with Crippen molar-refractivity contribution in [3.05, 3.63) is 58.5 Å². The number of anilines is 1.